The second-order valence-electron chi connectivity index (χ2n) is 4.93. The molecule has 0 saturated heterocycles. The normalized spacial score (nSPS) is 12.4. The fourth-order valence-electron chi connectivity index (χ4n) is 2.17. The molecular formula is C14H30N2O2. The van der Waals surface area contributed by atoms with Crippen molar-refractivity contribution in [2.45, 2.75) is 45.4 Å². The van der Waals surface area contributed by atoms with Gasteiger partial charge in [-0.15, -0.1) is 0 Å². The Labute approximate surface area is 112 Å². The molecule has 0 aliphatic carbocycles. The average Bonchev–Trinajstić information content (AvgIpc) is 2.36. The molecule has 0 bridgehead atoms. The van der Waals surface area contributed by atoms with Crippen molar-refractivity contribution in [3.8, 4) is 0 Å². The molecule has 0 heterocycles. The fourth-order valence-corrected chi connectivity index (χ4v) is 2.17. The third kappa shape index (κ3) is 8.48. The van der Waals surface area contributed by atoms with Gasteiger partial charge in [0.1, 0.15) is 0 Å². The van der Waals surface area contributed by atoms with Gasteiger partial charge in [-0.05, 0) is 31.7 Å². The zero-order valence-electron chi connectivity index (χ0n) is 12.3. The van der Waals surface area contributed by atoms with Crippen LogP contribution in [0.3, 0.4) is 0 Å². The summed E-state index contributed by atoms with van der Waals surface area (Å²) in [5, 5.41) is 0. The van der Waals surface area contributed by atoms with Crippen LogP contribution in [-0.4, -0.2) is 44.7 Å². The van der Waals surface area contributed by atoms with E-state index in [4.69, 9.17) is 10.5 Å². The van der Waals surface area contributed by atoms with Gasteiger partial charge in [-0.25, -0.2) is 0 Å². The predicted molar refractivity (Wildman–Crippen MR) is 75.4 cm³/mol. The van der Waals surface area contributed by atoms with E-state index in [0.717, 1.165) is 32.4 Å². The molecule has 0 aromatic carbocycles. The van der Waals surface area contributed by atoms with E-state index in [-0.39, 0.29) is 5.91 Å². The summed E-state index contributed by atoms with van der Waals surface area (Å²) >= 11 is 0. The lowest BCUT2D eigenvalue weighted by Crippen LogP contribution is -2.28. The van der Waals surface area contributed by atoms with Crippen molar-refractivity contribution in [3.05, 3.63) is 0 Å². The number of nitrogens with two attached hydrogens (primary N) is 1. The summed E-state index contributed by atoms with van der Waals surface area (Å²) in [5.41, 5.74) is 5.60. The van der Waals surface area contributed by atoms with E-state index < -0.39 is 0 Å². The van der Waals surface area contributed by atoms with Crippen molar-refractivity contribution in [1.29, 1.82) is 0 Å². The summed E-state index contributed by atoms with van der Waals surface area (Å²) in [4.78, 5) is 13.7. The average molecular weight is 258 g/mol. The van der Waals surface area contributed by atoms with Gasteiger partial charge >= 0.3 is 0 Å². The van der Waals surface area contributed by atoms with E-state index >= 15 is 0 Å². The molecule has 2 N–H and O–H groups in total. The second kappa shape index (κ2) is 11.5. The molecule has 0 fully saturated rings. The first-order valence-corrected chi connectivity index (χ1v) is 7.08. The van der Waals surface area contributed by atoms with E-state index in [1.807, 2.05) is 11.9 Å². The molecule has 0 saturated carbocycles. The summed E-state index contributed by atoms with van der Waals surface area (Å²) in [6.45, 7) is 4.40. The highest BCUT2D eigenvalue weighted by atomic mass is 16.5. The van der Waals surface area contributed by atoms with Crippen molar-refractivity contribution in [3.63, 3.8) is 0 Å². The molecule has 1 atom stereocenters. The van der Waals surface area contributed by atoms with Gasteiger partial charge < -0.3 is 15.4 Å². The molecular weight excluding hydrogens is 228 g/mol. The monoisotopic (exact) mass is 258 g/mol. The SMILES string of the molecule is CCCC(CCN)CCC(=O)N(C)CCCOC. The number of carbonyl (C=O) groups excluding carboxylic acids is 1. The van der Waals surface area contributed by atoms with Crippen LogP contribution in [0.15, 0.2) is 0 Å². The zero-order valence-corrected chi connectivity index (χ0v) is 12.3. The summed E-state index contributed by atoms with van der Waals surface area (Å²) < 4.78 is 4.98. The highest BCUT2D eigenvalue weighted by Crippen LogP contribution is 2.17. The lowest BCUT2D eigenvalue weighted by molar-refractivity contribution is -0.130. The van der Waals surface area contributed by atoms with Gasteiger partial charge in [0.05, 0.1) is 0 Å². The third-order valence-electron chi connectivity index (χ3n) is 3.31. The zero-order chi connectivity index (χ0) is 13.8. The Morgan fingerprint density at radius 2 is 2.06 bits per heavy atom. The number of amides is 1. The van der Waals surface area contributed by atoms with Gasteiger partial charge in [0.2, 0.25) is 5.91 Å². The smallest absolute Gasteiger partial charge is 0.222 e. The number of nitrogens with zero attached hydrogens (tertiary/aromatic N) is 1. The number of methoxy groups -OCH3 is 1. The molecule has 0 aliphatic heterocycles. The van der Waals surface area contributed by atoms with Crippen molar-refractivity contribution in [2.24, 2.45) is 11.7 Å². The minimum atomic E-state index is 0.240. The molecule has 1 amide bonds. The Kier molecular flexibility index (Phi) is 11.1. The largest absolute Gasteiger partial charge is 0.385 e. The molecule has 0 rings (SSSR count). The quantitative estimate of drug-likeness (QED) is 0.577. The number of rotatable bonds is 11. The maximum atomic E-state index is 11.9. The maximum Gasteiger partial charge on any atom is 0.222 e. The lowest BCUT2D eigenvalue weighted by atomic mass is 9.94. The van der Waals surface area contributed by atoms with Gasteiger partial charge in [-0.1, -0.05) is 19.8 Å². The van der Waals surface area contributed by atoms with Gasteiger partial charge in [-0.2, -0.15) is 0 Å². The fraction of sp³-hybridized carbons (Fsp3) is 0.929. The minimum absolute atomic E-state index is 0.240. The van der Waals surface area contributed by atoms with Crippen LogP contribution in [0.25, 0.3) is 0 Å². The second-order valence-corrected chi connectivity index (χ2v) is 4.93. The molecule has 4 heteroatoms. The molecule has 0 aliphatic rings. The first-order valence-electron chi connectivity index (χ1n) is 7.08. The van der Waals surface area contributed by atoms with Crippen LogP contribution in [0.5, 0.6) is 0 Å². The van der Waals surface area contributed by atoms with Gasteiger partial charge in [0, 0.05) is 33.7 Å². The number of carbonyl (C=O) groups is 1. The van der Waals surface area contributed by atoms with Crippen LogP contribution in [-0.2, 0) is 9.53 Å². The van der Waals surface area contributed by atoms with E-state index in [1.165, 1.54) is 12.8 Å². The maximum absolute atomic E-state index is 11.9. The molecule has 0 aromatic rings. The molecule has 1 unspecified atom stereocenters. The Morgan fingerprint density at radius 3 is 2.61 bits per heavy atom. The molecule has 0 radical (unpaired) electrons. The van der Waals surface area contributed by atoms with E-state index in [0.29, 0.717) is 18.9 Å². The van der Waals surface area contributed by atoms with Gasteiger partial charge in [0.15, 0.2) is 0 Å². The van der Waals surface area contributed by atoms with Crippen molar-refractivity contribution >= 4 is 5.91 Å². The molecule has 0 aromatic heterocycles. The molecule has 18 heavy (non-hydrogen) atoms. The lowest BCUT2D eigenvalue weighted by Gasteiger charge is -2.19. The summed E-state index contributed by atoms with van der Waals surface area (Å²) in [7, 11) is 3.56. The standard InChI is InChI=1S/C14H30N2O2/c1-4-6-13(9-10-15)7-8-14(17)16(2)11-5-12-18-3/h13H,4-12,15H2,1-3H3. The highest BCUT2D eigenvalue weighted by molar-refractivity contribution is 5.75. The number of hydrogen-bond donors (Lipinski definition) is 1. The Balaban J connectivity index is 3.83. The van der Waals surface area contributed by atoms with Crippen LogP contribution >= 0.6 is 0 Å². The van der Waals surface area contributed by atoms with Crippen molar-refractivity contribution in [1.82, 2.24) is 4.90 Å². The number of hydrogen-bond acceptors (Lipinski definition) is 3. The predicted octanol–water partition coefficient (Wildman–Crippen LogP) is 2.03. The first kappa shape index (κ1) is 17.4. The Hall–Kier alpha value is -0.610. The van der Waals surface area contributed by atoms with Crippen LogP contribution in [0, 0.1) is 5.92 Å². The van der Waals surface area contributed by atoms with Crippen LogP contribution in [0.1, 0.15) is 45.4 Å². The molecule has 108 valence electrons. The van der Waals surface area contributed by atoms with Crippen molar-refractivity contribution < 1.29 is 9.53 Å². The van der Waals surface area contributed by atoms with E-state index in [9.17, 15) is 4.79 Å². The number of ether oxygens (including phenoxy) is 1. The topological polar surface area (TPSA) is 55.6 Å². The highest BCUT2D eigenvalue weighted by Gasteiger charge is 2.12. The van der Waals surface area contributed by atoms with Crippen LogP contribution in [0.2, 0.25) is 0 Å². The van der Waals surface area contributed by atoms with E-state index in [2.05, 4.69) is 6.92 Å². The minimum Gasteiger partial charge on any atom is -0.385 e. The van der Waals surface area contributed by atoms with Gasteiger partial charge in [-0.3, -0.25) is 4.79 Å². The first-order chi connectivity index (χ1) is 8.65. The third-order valence-corrected chi connectivity index (χ3v) is 3.31. The summed E-state index contributed by atoms with van der Waals surface area (Å²) in [6, 6.07) is 0. The summed E-state index contributed by atoms with van der Waals surface area (Å²) in [5.74, 6) is 0.848. The van der Waals surface area contributed by atoms with Crippen LogP contribution < -0.4 is 5.73 Å². The van der Waals surface area contributed by atoms with E-state index in [1.54, 1.807) is 7.11 Å². The Bertz CT molecular complexity index is 204. The van der Waals surface area contributed by atoms with Gasteiger partial charge in [0.25, 0.3) is 0 Å². The summed E-state index contributed by atoms with van der Waals surface area (Å²) in [6.07, 6.45) is 5.90. The molecule has 4 nitrogen and oxygen atoms in total. The molecule has 0 spiro atoms. The van der Waals surface area contributed by atoms with Crippen LogP contribution in [0.4, 0.5) is 0 Å². The van der Waals surface area contributed by atoms with Crippen molar-refractivity contribution in [2.75, 3.05) is 33.9 Å². The Morgan fingerprint density at radius 1 is 1.33 bits per heavy atom.